The first kappa shape index (κ1) is 17.1. The molecule has 0 aliphatic rings. The zero-order valence-electron chi connectivity index (χ0n) is 13.2. The van der Waals surface area contributed by atoms with E-state index in [-0.39, 0.29) is 5.04 Å². The molecule has 0 radical (unpaired) electrons. The van der Waals surface area contributed by atoms with Crippen molar-refractivity contribution in [3.05, 3.63) is 35.9 Å². The van der Waals surface area contributed by atoms with Gasteiger partial charge in [-0.1, -0.05) is 51.1 Å². The van der Waals surface area contributed by atoms with Crippen molar-refractivity contribution in [2.24, 2.45) is 0 Å². The second-order valence-electron chi connectivity index (χ2n) is 6.54. The SMILES string of the molecule is CC(C)(C)[Si](C)(C)OCC(C=O)OCc1ccccc1. The molecule has 1 atom stereocenters. The molecular weight excluding hydrogens is 268 g/mol. The highest BCUT2D eigenvalue weighted by atomic mass is 28.4. The average molecular weight is 294 g/mol. The molecule has 0 bridgehead atoms. The Kier molecular flexibility index (Phi) is 6.11. The van der Waals surface area contributed by atoms with Crippen molar-refractivity contribution in [2.75, 3.05) is 6.61 Å². The molecule has 4 heteroatoms. The molecule has 0 aliphatic heterocycles. The number of rotatable bonds is 7. The quantitative estimate of drug-likeness (QED) is 0.567. The van der Waals surface area contributed by atoms with E-state index in [4.69, 9.17) is 9.16 Å². The van der Waals surface area contributed by atoms with Crippen LogP contribution >= 0.6 is 0 Å². The predicted molar refractivity (Wildman–Crippen MR) is 84.2 cm³/mol. The zero-order chi connectivity index (χ0) is 15.2. The van der Waals surface area contributed by atoms with Gasteiger partial charge in [-0.25, -0.2) is 0 Å². The number of hydrogen-bond donors (Lipinski definition) is 0. The maximum absolute atomic E-state index is 11.1. The van der Waals surface area contributed by atoms with E-state index >= 15 is 0 Å². The minimum absolute atomic E-state index is 0.139. The van der Waals surface area contributed by atoms with Gasteiger partial charge in [-0.2, -0.15) is 0 Å². The van der Waals surface area contributed by atoms with Gasteiger partial charge in [-0.3, -0.25) is 0 Å². The lowest BCUT2D eigenvalue weighted by atomic mass is 10.2. The molecule has 0 spiro atoms. The van der Waals surface area contributed by atoms with E-state index in [0.29, 0.717) is 13.2 Å². The maximum atomic E-state index is 11.1. The van der Waals surface area contributed by atoms with Crippen molar-refractivity contribution in [1.82, 2.24) is 0 Å². The monoisotopic (exact) mass is 294 g/mol. The van der Waals surface area contributed by atoms with E-state index in [9.17, 15) is 4.79 Å². The van der Waals surface area contributed by atoms with Crippen molar-refractivity contribution in [1.29, 1.82) is 0 Å². The standard InChI is InChI=1S/C16H26O3Si/c1-16(2,3)20(4,5)19-13-15(11-17)18-12-14-9-7-6-8-10-14/h6-11,15H,12-13H2,1-5H3. The second kappa shape index (κ2) is 7.15. The minimum atomic E-state index is -1.83. The Labute approximate surface area is 123 Å². The number of carbonyl (C=O) groups excluding carboxylic acids is 1. The van der Waals surface area contributed by atoms with E-state index in [1.807, 2.05) is 30.3 Å². The van der Waals surface area contributed by atoms with Gasteiger partial charge < -0.3 is 14.0 Å². The zero-order valence-corrected chi connectivity index (χ0v) is 14.2. The molecular formula is C16H26O3Si. The molecule has 3 nitrogen and oxygen atoms in total. The van der Waals surface area contributed by atoms with Crippen LogP contribution in [-0.4, -0.2) is 27.3 Å². The van der Waals surface area contributed by atoms with E-state index in [1.54, 1.807) is 0 Å². The lowest BCUT2D eigenvalue weighted by Crippen LogP contribution is -2.43. The van der Waals surface area contributed by atoms with Crippen LogP contribution in [-0.2, 0) is 20.6 Å². The number of hydrogen-bond acceptors (Lipinski definition) is 3. The summed E-state index contributed by atoms with van der Waals surface area (Å²) in [6.07, 6.45) is 0.333. The third kappa shape index (κ3) is 5.19. The van der Waals surface area contributed by atoms with E-state index < -0.39 is 14.4 Å². The third-order valence-corrected chi connectivity index (χ3v) is 8.37. The largest absolute Gasteiger partial charge is 0.414 e. The van der Waals surface area contributed by atoms with Crippen molar-refractivity contribution < 1.29 is 14.0 Å². The lowest BCUT2D eigenvalue weighted by molar-refractivity contribution is -0.121. The topological polar surface area (TPSA) is 35.5 Å². The summed E-state index contributed by atoms with van der Waals surface area (Å²) in [5.74, 6) is 0. The van der Waals surface area contributed by atoms with Gasteiger partial charge in [0.25, 0.3) is 0 Å². The van der Waals surface area contributed by atoms with E-state index in [1.165, 1.54) is 0 Å². The van der Waals surface area contributed by atoms with Crippen LogP contribution < -0.4 is 0 Å². The first-order chi connectivity index (χ1) is 9.26. The molecule has 0 amide bonds. The molecule has 0 heterocycles. The van der Waals surface area contributed by atoms with Gasteiger partial charge in [0.15, 0.2) is 14.6 Å². The minimum Gasteiger partial charge on any atom is -0.414 e. The number of benzene rings is 1. The van der Waals surface area contributed by atoms with Crippen LogP contribution in [0.1, 0.15) is 26.3 Å². The first-order valence-electron chi connectivity index (χ1n) is 7.01. The fourth-order valence-electron chi connectivity index (χ4n) is 1.41. The Morgan fingerprint density at radius 3 is 2.30 bits per heavy atom. The summed E-state index contributed by atoms with van der Waals surface area (Å²) >= 11 is 0. The maximum Gasteiger partial charge on any atom is 0.192 e. The fraction of sp³-hybridized carbons (Fsp3) is 0.562. The van der Waals surface area contributed by atoms with Crippen molar-refractivity contribution in [2.45, 2.75) is 51.6 Å². The molecule has 0 fully saturated rings. The summed E-state index contributed by atoms with van der Waals surface area (Å²) in [6, 6.07) is 9.84. The van der Waals surface area contributed by atoms with Gasteiger partial charge in [-0.15, -0.1) is 0 Å². The Bertz CT molecular complexity index is 409. The van der Waals surface area contributed by atoms with Crippen molar-refractivity contribution >= 4 is 14.6 Å². The molecule has 0 N–H and O–H groups in total. The number of aldehydes is 1. The van der Waals surface area contributed by atoms with Gasteiger partial charge in [0.1, 0.15) is 6.10 Å². The van der Waals surface area contributed by atoms with Gasteiger partial charge in [0.2, 0.25) is 0 Å². The molecule has 112 valence electrons. The Morgan fingerprint density at radius 2 is 1.80 bits per heavy atom. The summed E-state index contributed by atoms with van der Waals surface area (Å²) < 4.78 is 11.6. The smallest absolute Gasteiger partial charge is 0.192 e. The predicted octanol–water partition coefficient (Wildman–Crippen LogP) is 3.79. The summed E-state index contributed by atoms with van der Waals surface area (Å²) in [5.41, 5.74) is 1.06. The summed E-state index contributed by atoms with van der Waals surface area (Å²) in [5, 5.41) is 0.139. The first-order valence-corrected chi connectivity index (χ1v) is 9.92. The highest BCUT2D eigenvalue weighted by Crippen LogP contribution is 2.36. The van der Waals surface area contributed by atoms with Crippen LogP contribution in [0.3, 0.4) is 0 Å². The van der Waals surface area contributed by atoms with Crippen LogP contribution in [0.5, 0.6) is 0 Å². The molecule has 1 aromatic rings. The lowest BCUT2D eigenvalue weighted by Gasteiger charge is -2.36. The average Bonchev–Trinajstić information content (AvgIpc) is 2.39. The van der Waals surface area contributed by atoms with Crippen molar-refractivity contribution in [3.63, 3.8) is 0 Å². The highest BCUT2D eigenvalue weighted by Gasteiger charge is 2.37. The van der Waals surface area contributed by atoms with Crippen LogP contribution in [0.25, 0.3) is 0 Å². The molecule has 1 aromatic carbocycles. The molecule has 0 saturated heterocycles. The molecule has 0 saturated carbocycles. The van der Waals surface area contributed by atoms with Crippen LogP contribution in [0.2, 0.25) is 18.1 Å². The Balaban J connectivity index is 2.46. The van der Waals surface area contributed by atoms with E-state index in [0.717, 1.165) is 11.8 Å². The molecule has 1 rings (SSSR count). The summed E-state index contributed by atoms with van der Waals surface area (Å²) in [4.78, 5) is 11.1. The second-order valence-corrected chi connectivity index (χ2v) is 11.4. The Hall–Kier alpha value is -0.973. The summed E-state index contributed by atoms with van der Waals surface area (Å²) in [7, 11) is -1.83. The highest BCUT2D eigenvalue weighted by molar-refractivity contribution is 6.74. The molecule has 20 heavy (non-hydrogen) atoms. The summed E-state index contributed by atoms with van der Waals surface area (Å²) in [6.45, 7) is 11.7. The fourth-order valence-corrected chi connectivity index (χ4v) is 2.43. The van der Waals surface area contributed by atoms with Crippen LogP contribution in [0.4, 0.5) is 0 Å². The molecule has 0 aliphatic carbocycles. The van der Waals surface area contributed by atoms with Gasteiger partial charge >= 0.3 is 0 Å². The molecule has 0 aromatic heterocycles. The van der Waals surface area contributed by atoms with E-state index in [2.05, 4.69) is 33.9 Å². The van der Waals surface area contributed by atoms with Crippen LogP contribution in [0.15, 0.2) is 30.3 Å². The number of ether oxygens (including phenoxy) is 1. The molecule has 1 unspecified atom stereocenters. The Morgan fingerprint density at radius 1 is 1.20 bits per heavy atom. The van der Waals surface area contributed by atoms with Gasteiger partial charge in [0.05, 0.1) is 13.2 Å². The van der Waals surface area contributed by atoms with Crippen molar-refractivity contribution in [3.8, 4) is 0 Å². The van der Waals surface area contributed by atoms with Gasteiger partial charge in [-0.05, 0) is 23.7 Å². The third-order valence-electron chi connectivity index (χ3n) is 3.87. The van der Waals surface area contributed by atoms with Crippen LogP contribution in [0, 0.1) is 0 Å². The number of carbonyl (C=O) groups is 1. The van der Waals surface area contributed by atoms with Gasteiger partial charge in [0, 0.05) is 0 Å². The normalized spacial score (nSPS) is 14.1.